The SMILES string of the molecule is CCCN(CC(=O)N(C)Cc1cccc(Cl)c1)C1CNC1. The van der Waals surface area contributed by atoms with E-state index in [0.717, 1.165) is 31.6 Å². The van der Waals surface area contributed by atoms with Crippen LogP contribution in [0.3, 0.4) is 0 Å². The minimum atomic E-state index is 0.162. The van der Waals surface area contributed by atoms with Crippen molar-refractivity contribution >= 4 is 17.5 Å². The first-order valence-electron chi connectivity index (χ1n) is 7.53. The van der Waals surface area contributed by atoms with Gasteiger partial charge in [0.1, 0.15) is 0 Å². The molecule has 2 rings (SSSR count). The van der Waals surface area contributed by atoms with Gasteiger partial charge in [0.2, 0.25) is 5.91 Å². The maximum absolute atomic E-state index is 12.4. The summed E-state index contributed by atoms with van der Waals surface area (Å²) in [6.07, 6.45) is 1.07. The second-order valence-corrected chi connectivity index (χ2v) is 6.10. The molecule has 0 saturated carbocycles. The van der Waals surface area contributed by atoms with E-state index in [-0.39, 0.29) is 5.91 Å². The lowest BCUT2D eigenvalue weighted by molar-refractivity contribution is -0.132. The molecule has 0 spiro atoms. The van der Waals surface area contributed by atoms with Gasteiger partial charge in [-0.05, 0) is 30.7 Å². The highest BCUT2D eigenvalue weighted by molar-refractivity contribution is 6.30. The Morgan fingerprint density at radius 3 is 2.76 bits per heavy atom. The van der Waals surface area contributed by atoms with E-state index in [4.69, 9.17) is 11.6 Å². The summed E-state index contributed by atoms with van der Waals surface area (Å²) in [5, 5.41) is 3.98. The number of halogens is 1. The third-order valence-electron chi connectivity index (χ3n) is 3.86. The highest BCUT2D eigenvalue weighted by atomic mass is 35.5. The fourth-order valence-electron chi connectivity index (χ4n) is 2.50. The number of carbonyl (C=O) groups excluding carboxylic acids is 1. The zero-order valence-electron chi connectivity index (χ0n) is 12.8. The molecular weight excluding hydrogens is 286 g/mol. The Hall–Kier alpha value is -1.10. The number of carbonyl (C=O) groups is 1. The summed E-state index contributed by atoms with van der Waals surface area (Å²) in [5.41, 5.74) is 1.06. The molecule has 0 aromatic heterocycles. The molecule has 0 unspecified atom stereocenters. The largest absolute Gasteiger partial charge is 0.340 e. The quantitative estimate of drug-likeness (QED) is 0.836. The van der Waals surface area contributed by atoms with Crippen LogP contribution in [0.5, 0.6) is 0 Å². The van der Waals surface area contributed by atoms with E-state index in [2.05, 4.69) is 17.1 Å². The second kappa shape index (κ2) is 7.78. The zero-order valence-corrected chi connectivity index (χ0v) is 13.6. The monoisotopic (exact) mass is 309 g/mol. The highest BCUT2D eigenvalue weighted by Crippen LogP contribution is 2.13. The number of likely N-dealkylation sites (N-methyl/N-ethyl adjacent to an activating group) is 1. The first kappa shape index (κ1) is 16.3. The van der Waals surface area contributed by atoms with Gasteiger partial charge in [0.15, 0.2) is 0 Å². The van der Waals surface area contributed by atoms with E-state index >= 15 is 0 Å². The third-order valence-corrected chi connectivity index (χ3v) is 4.10. The predicted molar refractivity (Wildman–Crippen MR) is 86.4 cm³/mol. The van der Waals surface area contributed by atoms with E-state index in [0.29, 0.717) is 24.2 Å². The molecule has 1 saturated heterocycles. The van der Waals surface area contributed by atoms with E-state index in [1.807, 2.05) is 31.3 Å². The van der Waals surface area contributed by atoms with Crippen LogP contribution in [0.2, 0.25) is 5.02 Å². The Kier molecular flexibility index (Phi) is 6.03. The van der Waals surface area contributed by atoms with Crippen molar-refractivity contribution in [2.45, 2.75) is 25.9 Å². The van der Waals surface area contributed by atoms with Crippen LogP contribution in [0, 0.1) is 0 Å². The molecule has 1 aliphatic heterocycles. The van der Waals surface area contributed by atoms with Crippen LogP contribution in [0.15, 0.2) is 24.3 Å². The Balaban J connectivity index is 1.88. The number of hydrogen-bond donors (Lipinski definition) is 1. The lowest BCUT2D eigenvalue weighted by Crippen LogP contribution is -2.59. The number of amides is 1. The molecule has 1 amide bonds. The first-order valence-corrected chi connectivity index (χ1v) is 7.91. The summed E-state index contributed by atoms with van der Waals surface area (Å²) < 4.78 is 0. The van der Waals surface area contributed by atoms with Crippen molar-refractivity contribution in [1.82, 2.24) is 15.1 Å². The van der Waals surface area contributed by atoms with Crippen molar-refractivity contribution in [3.05, 3.63) is 34.9 Å². The zero-order chi connectivity index (χ0) is 15.2. The third kappa shape index (κ3) is 4.70. The summed E-state index contributed by atoms with van der Waals surface area (Å²) in [5.74, 6) is 0.162. The van der Waals surface area contributed by atoms with Gasteiger partial charge in [-0.1, -0.05) is 30.7 Å². The van der Waals surface area contributed by atoms with Crippen molar-refractivity contribution in [1.29, 1.82) is 0 Å². The van der Waals surface area contributed by atoms with Crippen LogP contribution in [-0.2, 0) is 11.3 Å². The smallest absolute Gasteiger partial charge is 0.236 e. The van der Waals surface area contributed by atoms with Crippen molar-refractivity contribution < 1.29 is 4.79 Å². The van der Waals surface area contributed by atoms with Gasteiger partial charge >= 0.3 is 0 Å². The topological polar surface area (TPSA) is 35.6 Å². The van der Waals surface area contributed by atoms with Crippen molar-refractivity contribution in [3.8, 4) is 0 Å². The van der Waals surface area contributed by atoms with Gasteiger partial charge in [-0.15, -0.1) is 0 Å². The number of benzene rings is 1. The summed E-state index contributed by atoms with van der Waals surface area (Å²) in [7, 11) is 1.85. The Morgan fingerprint density at radius 2 is 2.19 bits per heavy atom. The van der Waals surface area contributed by atoms with Crippen LogP contribution < -0.4 is 5.32 Å². The van der Waals surface area contributed by atoms with Gasteiger partial charge in [0, 0.05) is 37.7 Å². The standard InChI is InChI=1S/C16H24ClN3O/c1-3-7-20(15-9-18-10-15)12-16(21)19(2)11-13-5-4-6-14(17)8-13/h4-6,8,15,18H,3,7,9-12H2,1-2H3. The van der Waals surface area contributed by atoms with Crippen molar-refractivity contribution in [2.24, 2.45) is 0 Å². The molecule has 0 aliphatic carbocycles. The molecule has 5 heteroatoms. The Morgan fingerprint density at radius 1 is 1.43 bits per heavy atom. The average molecular weight is 310 g/mol. The molecule has 116 valence electrons. The minimum Gasteiger partial charge on any atom is -0.340 e. The molecular formula is C16H24ClN3O. The molecule has 1 aromatic rings. The van der Waals surface area contributed by atoms with Gasteiger partial charge in [0.05, 0.1) is 6.54 Å². The summed E-state index contributed by atoms with van der Waals surface area (Å²) in [4.78, 5) is 16.5. The van der Waals surface area contributed by atoms with Crippen LogP contribution in [-0.4, -0.2) is 55.0 Å². The van der Waals surface area contributed by atoms with Crippen molar-refractivity contribution in [2.75, 3.05) is 33.2 Å². The second-order valence-electron chi connectivity index (χ2n) is 5.66. The molecule has 1 aliphatic rings. The number of nitrogens with one attached hydrogen (secondary N) is 1. The Labute approximate surface area is 132 Å². The van der Waals surface area contributed by atoms with Gasteiger partial charge in [0.25, 0.3) is 0 Å². The van der Waals surface area contributed by atoms with Gasteiger partial charge < -0.3 is 10.2 Å². The summed E-state index contributed by atoms with van der Waals surface area (Å²) in [6, 6.07) is 8.17. The van der Waals surface area contributed by atoms with Crippen molar-refractivity contribution in [3.63, 3.8) is 0 Å². The molecule has 1 aromatic carbocycles. The molecule has 1 heterocycles. The molecule has 1 fully saturated rings. The molecule has 1 N–H and O–H groups in total. The minimum absolute atomic E-state index is 0.162. The Bertz CT molecular complexity index is 476. The molecule has 0 radical (unpaired) electrons. The maximum Gasteiger partial charge on any atom is 0.236 e. The first-order chi connectivity index (χ1) is 10.1. The van der Waals surface area contributed by atoms with Crippen LogP contribution in [0.4, 0.5) is 0 Å². The lowest BCUT2D eigenvalue weighted by Gasteiger charge is -2.38. The molecule has 21 heavy (non-hydrogen) atoms. The summed E-state index contributed by atoms with van der Waals surface area (Å²) in [6.45, 7) is 6.21. The lowest BCUT2D eigenvalue weighted by atomic mass is 10.1. The number of rotatable bonds is 7. The maximum atomic E-state index is 12.4. The van der Waals surface area contributed by atoms with Gasteiger partial charge in [-0.3, -0.25) is 9.69 Å². The van der Waals surface area contributed by atoms with Crippen LogP contribution in [0.25, 0.3) is 0 Å². The molecule has 0 bridgehead atoms. The molecule has 0 atom stereocenters. The van der Waals surface area contributed by atoms with Gasteiger partial charge in [-0.2, -0.15) is 0 Å². The van der Waals surface area contributed by atoms with Gasteiger partial charge in [-0.25, -0.2) is 0 Å². The van der Waals surface area contributed by atoms with E-state index < -0.39 is 0 Å². The molecule has 4 nitrogen and oxygen atoms in total. The van der Waals surface area contributed by atoms with E-state index in [1.165, 1.54) is 0 Å². The summed E-state index contributed by atoms with van der Waals surface area (Å²) >= 11 is 5.98. The van der Waals surface area contributed by atoms with E-state index in [9.17, 15) is 4.79 Å². The fourth-order valence-corrected chi connectivity index (χ4v) is 2.71. The predicted octanol–water partition coefficient (Wildman–Crippen LogP) is 1.98. The highest BCUT2D eigenvalue weighted by Gasteiger charge is 2.26. The fraction of sp³-hybridized carbons (Fsp3) is 0.562. The van der Waals surface area contributed by atoms with E-state index in [1.54, 1.807) is 4.90 Å². The van der Waals surface area contributed by atoms with Crippen LogP contribution in [0.1, 0.15) is 18.9 Å². The number of hydrogen-bond acceptors (Lipinski definition) is 3. The normalized spacial score (nSPS) is 15.0. The van der Waals surface area contributed by atoms with Crippen LogP contribution >= 0.6 is 11.6 Å². The average Bonchev–Trinajstić information content (AvgIpc) is 2.36. The number of nitrogens with zero attached hydrogens (tertiary/aromatic N) is 2.